The Labute approximate surface area is 127 Å². The molecule has 0 aromatic heterocycles. The molecule has 8 heteroatoms. The number of carbonyl (C=O) groups excluding carboxylic acids is 1. The smallest absolute Gasteiger partial charge is 0.261 e. The number of carbonyl (C=O) groups is 1. The van der Waals surface area contributed by atoms with Gasteiger partial charge in [0.15, 0.2) is 0 Å². The first-order valence-corrected chi connectivity index (χ1v) is 8.37. The average Bonchev–Trinajstić information content (AvgIpc) is 2.37. The van der Waals surface area contributed by atoms with Gasteiger partial charge in [0.05, 0.1) is 10.5 Å². The van der Waals surface area contributed by atoms with Gasteiger partial charge in [0, 0.05) is 29.9 Å². The van der Waals surface area contributed by atoms with Crippen LogP contribution in [0.5, 0.6) is 0 Å². The van der Waals surface area contributed by atoms with Crippen LogP contribution in [0.25, 0.3) is 0 Å². The summed E-state index contributed by atoms with van der Waals surface area (Å²) in [5.74, 6) is -1.45. The van der Waals surface area contributed by atoms with Crippen LogP contribution >= 0.6 is 10.7 Å². The molecule has 0 heterocycles. The van der Waals surface area contributed by atoms with Gasteiger partial charge in [0.2, 0.25) is 0 Å². The predicted octanol–water partition coefficient (Wildman–Crippen LogP) is 2.22. The first kappa shape index (κ1) is 17.9. The summed E-state index contributed by atoms with van der Waals surface area (Å²) in [4.78, 5) is 11.7. The summed E-state index contributed by atoms with van der Waals surface area (Å²) in [5, 5.41) is 2.57. The Kier molecular flexibility index (Phi) is 5.35. The molecular formula is C13H17ClFNO4S. The van der Waals surface area contributed by atoms with Crippen LogP contribution in [0.15, 0.2) is 17.0 Å². The van der Waals surface area contributed by atoms with Gasteiger partial charge in [0.1, 0.15) is 5.82 Å². The third-order valence-electron chi connectivity index (χ3n) is 3.06. The van der Waals surface area contributed by atoms with Gasteiger partial charge in [-0.05, 0) is 38.5 Å². The number of amides is 1. The molecule has 0 aliphatic carbocycles. The molecule has 0 spiro atoms. The van der Waals surface area contributed by atoms with Gasteiger partial charge < -0.3 is 10.1 Å². The predicted molar refractivity (Wildman–Crippen MR) is 77.6 cm³/mol. The van der Waals surface area contributed by atoms with Crippen molar-refractivity contribution < 1.29 is 22.3 Å². The largest absolute Gasteiger partial charge is 0.377 e. The fourth-order valence-electron chi connectivity index (χ4n) is 1.60. The van der Waals surface area contributed by atoms with Crippen molar-refractivity contribution in [2.75, 3.05) is 13.7 Å². The Morgan fingerprint density at radius 3 is 2.48 bits per heavy atom. The summed E-state index contributed by atoms with van der Waals surface area (Å²) in [6.45, 7) is 5.10. The molecule has 1 amide bonds. The fourth-order valence-corrected chi connectivity index (χ4v) is 2.81. The third-order valence-corrected chi connectivity index (χ3v) is 4.51. The summed E-state index contributed by atoms with van der Waals surface area (Å²) in [6, 6.07) is 1.75. The number of methoxy groups -OCH3 is 1. The summed E-state index contributed by atoms with van der Waals surface area (Å²) in [5.41, 5.74) is -0.585. The van der Waals surface area contributed by atoms with E-state index in [0.29, 0.717) is 0 Å². The highest BCUT2D eigenvalue weighted by atomic mass is 35.7. The molecule has 1 aromatic carbocycles. The first-order chi connectivity index (χ1) is 9.48. The zero-order valence-electron chi connectivity index (χ0n) is 12.2. The van der Waals surface area contributed by atoms with E-state index in [4.69, 9.17) is 15.4 Å². The van der Waals surface area contributed by atoms with Crippen LogP contribution in [0.3, 0.4) is 0 Å². The minimum Gasteiger partial charge on any atom is -0.377 e. The Balaban J connectivity index is 3.14. The molecule has 0 saturated heterocycles. The van der Waals surface area contributed by atoms with E-state index in [1.807, 2.05) is 0 Å². The fraction of sp³-hybridized carbons (Fsp3) is 0.462. The molecule has 0 saturated carbocycles. The number of nitrogens with one attached hydrogen (secondary N) is 1. The SMILES string of the molecule is COC(C)(C)CNC(=O)c1cc(F)cc(S(=O)(=O)Cl)c1C. The molecule has 1 N–H and O–H groups in total. The molecule has 5 nitrogen and oxygen atoms in total. The van der Waals surface area contributed by atoms with E-state index in [0.717, 1.165) is 12.1 Å². The van der Waals surface area contributed by atoms with Crippen LogP contribution in [0.4, 0.5) is 4.39 Å². The number of ether oxygens (including phenoxy) is 1. The van der Waals surface area contributed by atoms with Crippen LogP contribution in [0.2, 0.25) is 0 Å². The van der Waals surface area contributed by atoms with Crippen molar-refractivity contribution in [3.05, 3.63) is 29.1 Å². The van der Waals surface area contributed by atoms with Crippen molar-refractivity contribution in [2.45, 2.75) is 31.3 Å². The number of halogens is 2. The van der Waals surface area contributed by atoms with Crippen molar-refractivity contribution in [2.24, 2.45) is 0 Å². The minimum atomic E-state index is -4.13. The molecule has 1 rings (SSSR count). The monoisotopic (exact) mass is 337 g/mol. The van der Waals surface area contributed by atoms with E-state index in [9.17, 15) is 17.6 Å². The van der Waals surface area contributed by atoms with Crippen LogP contribution in [-0.4, -0.2) is 33.6 Å². The van der Waals surface area contributed by atoms with Crippen molar-refractivity contribution in [3.63, 3.8) is 0 Å². The lowest BCUT2D eigenvalue weighted by molar-refractivity contribution is 0.0228. The third kappa shape index (κ3) is 4.66. The van der Waals surface area contributed by atoms with Crippen molar-refractivity contribution in [1.29, 1.82) is 0 Å². The molecule has 0 aliphatic rings. The summed E-state index contributed by atoms with van der Waals surface area (Å²) in [6.07, 6.45) is 0. The maximum atomic E-state index is 13.5. The molecule has 0 atom stereocenters. The molecule has 21 heavy (non-hydrogen) atoms. The first-order valence-electron chi connectivity index (χ1n) is 6.06. The van der Waals surface area contributed by atoms with Gasteiger partial charge in [-0.1, -0.05) is 0 Å². The molecule has 0 fully saturated rings. The second-order valence-electron chi connectivity index (χ2n) is 5.16. The van der Waals surface area contributed by atoms with Gasteiger partial charge in [-0.25, -0.2) is 12.8 Å². The summed E-state index contributed by atoms with van der Waals surface area (Å²) >= 11 is 0. The molecule has 0 radical (unpaired) electrons. The molecular weight excluding hydrogens is 321 g/mol. The maximum absolute atomic E-state index is 13.5. The molecule has 118 valence electrons. The quantitative estimate of drug-likeness (QED) is 0.836. The summed E-state index contributed by atoms with van der Waals surface area (Å²) < 4.78 is 41.4. The van der Waals surface area contributed by atoms with E-state index in [2.05, 4.69) is 5.32 Å². The maximum Gasteiger partial charge on any atom is 0.261 e. The molecule has 0 unspecified atom stereocenters. The zero-order valence-corrected chi connectivity index (χ0v) is 13.7. The van der Waals surface area contributed by atoms with E-state index in [1.54, 1.807) is 13.8 Å². The summed E-state index contributed by atoms with van der Waals surface area (Å²) in [7, 11) is 2.60. The Hall–Kier alpha value is -1.18. The number of rotatable bonds is 5. The van der Waals surface area contributed by atoms with Crippen LogP contribution < -0.4 is 5.32 Å². The topological polar surface area (TPSA) is 72.5 Å². The lowest BCUT2D eigenvalue weighted by Crippen LogP contribution is -2.40. The number of hydrogen-bond donors (Lipinski definition) is 1. The molecule has 0 aliphatic heterocycles. The van der Waals surface area contributed by atoms with Gasteiger partial charge in [0.25, 0.3) is 15.0 Å². The average molecular weight is 338 g/mol. The highest BCUT2D eigenvalue weighted by Gasteiger charge is 2.23. The lowest BCUT2D eigenvalue weighted by Gasteiger charge is -2.23. The van der Waals surface area contributed by atoms with Crippen molar-refractivity contribution >= 4 is 25.6 Å². The van der Waals surface area contributed by atoms with E-state index in [1.165, 1.54) is 14.0 Å². The van der Waals surface area contributed by atoms with Crippen LogP contribution in [0.1, 0.15) is 29.8 Å². The van der Waals surface area contributed by atoms with Gasteiger partial charge in [-0.3, -0.25) is 4.79 Å². The normalized spacial score (nSPS) is 12.3. The van der Waals surface area contributed by atoms with E-state index < -0.39 is 31.3 Å². The highest BCUT2D eigenvalue weighted by molar-refractivity contribution is 8.13. The Bertz CT molecular complexity index is 658. The van der Waals surface area contributed by atoms with Crippen LogP contribution in [0, 0.1) is 12.7 Å². The minimum absolute atomic E-state index is 0.0823. The lowest BCUT2D eigenvalue weighted by atomic mass is 10.1. The Morgan fingerprint density at radius 1 is 1.43 bits per heavy atom. The number of benzene rings is 1. The number of hydrogen-bond acceptors (Lipinski definition) is 4. The van der Waals surface area contributed by atoms with Gasteiger partial charge in [-0.15, -0.1) is 0 Å². The second-order valence-corrected chi connectivity index (χ2v) is 7.70. The second kappa shape index (κ2) is 6.29. The highest BCUT2D eigenvalue weighted by Crippen LogP contribution is 2.24. The van der Waals surface area contributed by atoms with Gasteiger partial charge in [-0.2, -0.15) is 0 Å². The van der Waals surface area contributed by atoms with Crippen molar-refractivity contribution in [3.8, 4) is 0 Å². The molecule has 0 bridgehead atoms. The van der Waals surface area contributed by atoms with E-state index >= 15 is 0 Å². The standard InChI is InChI=1S/C13H17ClFNO4S/c1-8-10(12(17)16-7-13(2,3)20-4)5-9(15)6-11(8)21(14,18)19/h5-6H,7H2,1-4H3,(H,16,17). The zero-order chi connectivity index (χ0) is 16.4. The van der Waals surface area contributed by atoms with Gasteiger partial charge >= 0.3 is 0 Å². The molecule has 1 aromatic rings. The Morgan fingerprint density at radius 2 is 2.00 bits per heavy atom. The van der Waals surface area contributed by atoms with Crippen LogP contribution in [-0.2, 0) is 13.8 Å². The van der Waals surface area contributed by atoms with E-state index in [-0.39, 0.29) is 17.7 Å². The van der Waals surface area contributed by atoms with Crippen molar-refractivity contribution in [1.82, 2.24) is 5.32 Å².